The molecule has 3 rings (SSSR count). The largest absolute Gasteiger partial charge is 0.355 e. The predicted octanol–water partition coefficient (Wildman–Crippen LogP) is 4.88. The Morgan fingerprint density at radius 1 is 0.889 bits per heavy atom. The fourth-order valence-electron chi connectivity index (χ4n) is 1.92. The van der Waals surface area contributed by atoms with Gasteiger partial charge in [-0.25, -0.2) is 8.78 Å². The highest BCUT2D eigenvalue weighted by molar-refractivity contribution is 9.10. The van der Waals surface area contributed by atoms with Crippen LogP contribution in [0.4, 0.5) is 8.78 Å². The van der Waals surface area contributed by atoms with Crippen molar-refractivity contribution in [3.05, 3.63) is 58.6 Å². The first-order valence-electron chi connectivity index (χ1n) is 5.37. The summed E-state index contributed by atoms with van der Waals surface area (Å²) in [6.45, 7) is 0. The van der Waals surface area contributed by atoms with Gasteiger partial charge in [0, 0.05) is 26.6 Å². The SMILES string of the molecule is Fc1ccc(-c2cc3cc(Br)ccc3[nH]2)cc1F. The van der Waals surface area contributed by atoms with E-state index >= 15 is 0 Å². The number of hydrogen-bond acceptors (Lipinski definition) is 0. The number of benzene rings is 2. The standard InChI is InChI=1S/C14H8BrF2N/c15-10-2-4-13-9(5-10)7-14(18-13)8-1-3-11(16)12(17)6-8/h1-7,18H. The maximum Gasteiger partial charge on any atom is 0.159 e. The molecule has 3 aromatic rings. The zero-order valence-corrected chi connectivity index (χ0v) is 10.8. The third-order valence-electron chi connectivity index (χ3n) is 2.81. The van der Waals surface area contributed by atoms with Crippen molar-refractivity contribution in [2.45, 2.75) is 0 Å². The van der Waals surface area contributed by atoms with Gasteiger partial charge in [-0.05, 0) is 42.5 Å². The van der Waals surface area contributed by atoms with E-state index in [1.165, 1.54) is 6.07 Å². The van der Waals surface area contributed by atoms with Crippen LogP contribution in [0.1, 0.15) is 0 Å². The zero-order chi connectivity index (χ0) is 12.7. The molecule has 4 heteroatoms. The minimum atomic E-state index is -0.840. The Bertz CT molecular complexity index is 734. The van der Waals surface area contributed by atoms with E-state index in [0.29, 0.717) is 5.56 Å². The van der Waals surface area contributed by atoms with Crippen molar-refractivity contribution in [3.63, 3.8) is 0 Å². The van der Waals surface area contributed by atoms with E-state index in [0.717, 1.165) is 27.1 Å². The number of rotatable bonds is 1. The van der Waals surface area contributed by atoms with Crippen molar-refractivity contribution in [3.8, 4) is 11.3 Å². The van der Waals surface area contributed by atoms with Crippen LogP contribution in [0.25, 0.3) is 22.2 Å². The molecule has 1 heterocycles. The van der Waals surface area contributed by atoms with E-state index in [-0.39, 0.29) is 0 Å². The lowest BCUT2D eigenvalue weighted by Gasteiger charge is -1.98. The van der Waals surface area contributed by atoms with E-state index in [4.69, 9.17) is 0 Å². The second-order valence-corrected chi connectivity index (χ2v) is 4.96. The molecule has 1 N–H and O–H groups in total. The van der Waals surface area contributed by atoms with Crippen LogP contribution in [-0.4, -0.2) is 4.98 Å². The predicted molar refractivity (Wildman–Crippen MR) is 71.4 cm³/mol. The highest BCUT2D eigenvalue weighted by atomic mass is 79.9. The molecule has 0 unspecified atom stereocenters. The van der Waals surface area contributed by atoms with Gasteiger partial charge in [-0.15, -0.1) is 0 Å². The van der Waals surface area contributed by atoms with Crippen molar-refractivity contribution in [1.82, 2.24) is 4.98 Å². The van der Waals surface area contributed by atoms with Crippen LogP contribution < -0.4 is 0 Å². The van der Waals surface area contributed by atoms with Gasteiger partial charge in [-0.1, -0.05) is 15.9 Å². The molecule has 0 aliphatic carbocycles. The van der Waals surface area contributed by atoms with Crippen LogP contribution in [0.15, 0.2) is 46.9 Å². The maximum atomic E-state index is 13.2. The minimum absolute atomic E-state index is 0.626. The van der Waals surface area contributed by atoms with Gasteiger partial charge in [-0.2, -0.15) is 0 Å². The molecule has 0 spiro atoms. The summed E-state index contributed by atoms with van der Waals surface area (Å²) in [5.41, 5.74) is 2.35. The van der Waals surface area contributed by atoms with Crippen LogP contribution in [0, 0.1) is 11.6 Å². The summed E-state index contributed by atoms with van der Waals surface area (Å²) in [4.78, 5) is 3.18. The van der Waals surface area contributed by atoms with Crippen molar-refractivity contribution in [1.29, 1.82) is 0 Å². The Balaban J connectivity index is 2.16. The molecule has 1 nitrogen and oxygen atoms in total. The molecule has 0 fully saturated rings. The van der Waals surface area contributed by atoms with E-state index in [1.54, 1.807) is 6.07 Å². The highest BCUT2D eigenvalue weighted by Gasteiger charge is 2.07. The molecule has 0 radical (unpaired) electrons. The Hall–Kier alpha value is -1.68. The molecule has 90 valence electrons. The summed E-state index contributed by atoms with van der Waals surface area (Å²) < 4.78 is 27.0. The number of halogens is 3. The third-order valence-corrected chi connectivity index (χ3v) is 3.31. The molecule has 18 heavy (non-hydrogen) atoms. The van der Waals surface area contributed by atoms with Crippen LogP contribution >= 0.6 is 15.9 Å². The smallest absolute Gasteiger partial charge is 0.159 e. The van der Waals surface area contributed by atoms with Gasteiger partial charge in [0.25, 0.3) is 0 Å². The molecular weight excluding hydrogens is 300 g/mol. The minimum Gasteiger partial charge on any atom is -0.355 e. The molecule has 0 bridgehead atoms. The molecule has 0 aliphatic heterocycles. The quantitative estimate of drug-likeness (QED) is 0.660. The normalized spacial score (nSPS) is 11.1. The van der Waals surface area contributed by atoms with Crippen LogP contribution in [0.3, 0.4) is 0 Å². The highest BCUT2D eigenvalue weighted by Crippen LogP contribution is 2.27. The summed E-state index contributed by atoms with van der Waals surface area (Å²) >= 11 is 3.40. The lowest BCUT2D eigenvalue weighted by molar-refractivity contribution is 0.509. The number of H-pyrrole nitrogens is 1. The number of aromatic amines is 1. The molecular formula is C14H8BrF2N. The van der Waals surface area contributed by atoms with Gasteiger partial charge in [0.1, 0.15) is 0 Å². The average molecular weight is 308 g/mol. The van der Waals surface area contributed by atoms with E-state index in [9.17, 15) is 8.78 Å². The van der Waals surface area contributed by atoms with Gasteiger partial charge in [0.2, 0.25) is 0 Å². The number of aromatic nitrogens is 1. The Labute approximate surface area is 111 Å². The second kappa shape index (κ2) is 4.21. The lowest BCUT2D eigenvalue weighted by Crippen LogP contribution is -1.85. The van der Waals surface area contributed by atoms with E-state index in [2.05, 4.69) is 20.9 Å². The fourth-order valence-corrected chi connectivity index (χ4v) is 2.30. The lowest BCUT2D eigenvalue weighted by atomic mass is 10.1. The van der Waals surface area contributed by atoms with Gasteiger partial charge >= 0.3 is 0 Å². The summed E-state index contributed by atoms with van der Waals surface area (Å²) in [7, 11) is 0. The topological polar surface area (TPSA) is 15.8 Å². The summed E-state index contributed by atoms with van der Waals surface area (Å²) in [6.07, 6.45) is 0. The number of fused-ring (bicyclic) bond motifs is 1. The molecule has 0 saturated heterocycles. The van der Waals surface area contributed by atoms with Crippen LogP contribution in [0.2, 0.25) is 0 Å². The first-order valence-corrected chi connectivity index (χ1v) is 6.16. The molecule has 0 saturated carbocycles. The molecule has 2 aromatic carbocycles. The number of hydrogen-bond donors (Lipinski definition) is 1. The van der Waals surface area contributed by atoms with Gasteiger partial charge in [-0.3, -0.25) is 0 Å². The monoisotopic (exact) mass is 307 g/mol. The third kappa shape index (κ3) is 1.93. The number of nitrogens with one attached hydrogen (secondary N) is 1. The van der Waals surface area contributed by atoms with Gasteiger partial charge in [0.05, 0.1) is 0 Å². The second-order valence-electron chi connectivity index (χ2n) is 4.04. The van der Waals surface area contributed by atoms with Crippen molar-refractivity contribution in [2.75, 3.05) is 0 Å². The molecule has 0 aliphatic rings. The summed E-state index contributed by atoms with van der Waals surface area (Å²) in [5.74, 6) is -1.68. The first-order chi connectivity index (χ1) is 8.63. The zero-order valence-electron chi connectivity index (χ0n) is 9.18. The van der Waals surface area contributed by atoms with Crippen LogP contribution in [-0.2, 0) is 0 Å². The van der Waals surface area contributed by atoms with Crippen molar-refractivity contribution < 1.29 is 8.78 Å². The van der Waals surface area contributed by atoms with E-state index < -0.39 is 11.6 Å². The van der Waals surface area contributed by atoms with Gasteiger partial charge in [0.15, 0.2) is 11.6 Å². The molecule has 0 atom stereocenters. The maximum absolute atomic E-state index is 13.2. The molecule has 1 aromatic heterocycles. The van der Waals surface area contributed by atoms with Crippen LogP contribution in [0.5, 0.6) is 0 Å². The molecule has 0 amide bonds. The van der Waals surface area contributed by atoms with Gasteiger partial charge < -0.3 is 4.98 Å². The van der Waals surface area contributed by atoms with Crippen molar-refractivity contribution >= 4 is 26.8 Å². The Kier molecular flexibility index (Phi) is 2.67. The first kappa shape index (κ1) is 11.4. The summed E-state index contributed by atoms with van der Waals surface area (Å²) in [5, 5.41) is 1.02. The Morgan fingerprint density at radius 3 is 2.50 bits per heavy atom. The Morgan fingerprint density at radius 2 is 1.72 bits per heavy atom. The summed E-state index contributed by atoms with van der Waals surface area (Å²) in [6, 6.07) is 11.6. The van der Waals surface area contributed by atoms with E-state index in [1.807, 2.05) is 24.3 Å². The fraction of sp³-hybridized carbons (Fsp3) is 0. The average Bonchev–Trinajstić information content (AvgIpc) is 2.75. The van der Waals surface area contributed by atoms with Crippen molar-refractivity contribution in [2.24, 2.45) is 0 Å².